The van der Waals surface area contributed by atoms with Gasteiger partial charge in [0, 0.05) is 12.5 Å². The Bertz CT molecular complexity index is 583. The number of hydrogen-bond acceptors (Lipinski definition) is 5. The number of methoxy groups -OCH3 is 1. The van der Waals surface area contributed by atoms with E-state index in [0.717, 1.165) is 16.5 Å². The molecular formula is C13H16BNO5. The molecular weight excluding hydrogens is 261 g/mol. The van der Waals surface area contributed by atoms with Crippen molar-refractivity contribution in [1.82, 2.24) is 5.32 Å². The molecule has 0 radical (unpaired) electrons. The van der Waals surface area contributed by atoms with Gasteiger partial charge in [-0.3, -0.25) is 4.79 Å². The molecule has 0 aliphatic heterocycles. The summed E-state index contributed by atoms with van der Waals surface area (Å²) in [6, 6.07) is 7.43. The van der Waals surface area contributed by atoms with E-state index in [2.05, 4.69) is 5.32 Å². The summed E-state index contributed by atoms with van der Waals surface area (Å²) in [4.78, 5) is 11.5. The van der Waals surface area contributed by atoms with Gasteiger partial charge in [0.25, 0.3) is 0 Å². The number of benzene rings is 1. The monoisotopic (exact) mass is 277 g/mol. The first-order valence-corrected chi connectivity index (χ1v) is 6.21. The SMILES string of the molecule is COCC(=O)N[C@@H](Cc1coc2ccccc12)B(O)O. The number of carbonyl (C=O) groups is 1. The molecule has 1 atom stereocenters. The third-order valence-corrected chi connectivity index (χ3v) is 2.98. The van der Waals surface area contributed by atoms with Crippen molar-refractivity contribution in [3.8, 4) is 0 Å². The average molecular weight is 277 g/mol. The lowest BCUT2D eigenvalue weighted by Crippen LogP contribution is -2.48. The molecule has 3 N–H and O–H groups in total. The van der Waals surface area contributed by atoms with Gasteiger partial charge < -0.3 is 24.5 Å². The molecule has 6 nitrogen and oxygen atoms in total. The Morgan fingerprint density at radius 2 is 2.20 bits per heavy atom. The first kappa shape index (κ1) is 14.6. The maximum Gasteiger partial charge on any atom is 0.475 e. The quantitative estimate of drug-likeness (QED) is 0.652. The zero-order valence-electron chi connectivity index (χ0n) is 11.1. The molecule has 0 aliphatic rings. The van der Waals surface area contributed by atoms with Crippen molar-refractivity contribution >= 4 is 24.0 Å². The van der Waals surface area contributed by atoms with Crippen LogP contribution in [0.3, 0.4) is 0 Å². The first-order valence-electron chi connectivity index (χ1n) is 6.21. The predicted octanol–water partition coefficient (Wildman–Crippen LogP) is 0.118. The number of nitrogens with one attached hydrogen (secondary N) is 1. The molecule has 2 aromatic rings. The van der Waals surface area contributed by atoms with E-state index < -0.39 is 19.0 Å². The van der Waals surface area contributed by atoms with Crippen molar-refractivity contribution < 1.29 is 24.0 Å². The molecule has 2 rings (SSSR count). The minimum Gasteiger partial charge on any atom is -0.464 e. The maximum absolute atomic E-state index is 11.5. The summed E-state index contributed by atoms with van der Waals surface area (Å²) in [5.74, 6) is -1.22. The smallest absolute Gasteiger partial charge is 0.464 e. The zero-order valence-corrected chi connectivity index (χ0v) is 11.1. The van der Waals surface area contributed by atoms with Crippen molar-refractivity contribution in [1.29, 1.82) is 0 Å². The number of ether oxygens (including phenoxy) is 1. The molecule has 0 unspecified atom stereocenters. The number of fused-ring (bicyclic) bond motifs is 1. The van der Waals surface area contributed by atoms with E-state index in [1.165, 1.54) is 7.11 Å². The van der Waals surface area contributed by atoms with Crippen LogP contribution in [0.25, 0.3) is 11.0 Å². The number of rotatable bonds is 6. The highest BCUT2D eigenvalue weighted by Crippen LogP contribution is 2.22. The number of hydrogen-bond donors (Lipinski definition) is 3. The fraction of sp³-hybridized carbons (Fsp3) is 0.308. The van der Waals surface area contributed by atoms with E-state index in [9.17, 15) is 14.8 Å². The van der Waals surface area contributed by atoms with Gasteiger partial charge in [-0.1, -0.05) is 18.2 Å². The van der Waals surface area contributed by atoms with Crippen LogP contribution in [0.15, 0.2) is 34.9 Å². The third kappa shape index (κ3) is 3.38. The molecule has 1 heterocycles. The van der Waals surface area contributed by atoms with E-state index in [1.54, 1.807) is 6.26 Å². The van der Waals surface area contributed by atoms with Crippen molar-refractivity contribution in [3.05, 3.63) is 36.1 Å². The topological polar surface area (TPSA) is 91.9 Å². The largest absolute Gasteiger partial charge is 0.475 e. The van der Waals surface area contributed by atoms with Crippen LogP contribution < -0.4 is 5.32 Å². The summed E-state index contributed by atoms with van der Waals surface area (Å²) in [6.07, 6.45) is 1.81. The fourth-order valence-corrected chi connectivity index (χ4v) is 2.04. The predicted molar refractivity (Wildman–Crippen MR) is 73.9 cm³/mol. The molecule has 0 saturated heterocycles. The van der Waals surface area contributed by atoms with Crippen molar-refractivity contribution in [2.24, 2.45) is 0 Å². The van der Waals surface area contributed by atoms with Crippen LogP contribution in [0.2, 0.25) is 0 Å². The van der Waals surface area contributed by atoms with E-state index in [0.29, 0.717) is 0 Å². The summed E-state index contributed by atoms with van der Waals surface area (Å²) in [7, 11) is -0.266. The van der Waals surface area contributed by atoms with E-state index in [4.69, 9.17) is 9.15 Å². The molecule has 106 valence electrons. The maximum atomic E-state index is 11.5. The molecule has 1 aromatic carbocycles. The molecule has 0 spiro atoms. The molecule has 1 amide bonds. The van der Waals surface area contributed by atoms with E-state index >= 15 is 0 Å². The van der Waals surface area contributed by atoms with Crippen LogP contribution in [0, 0.1) is 0 Å². The Morgan fingerprint density at radius 1 is 1.45 bits per heavy atom. The molecule has 1 aromatic heterocycles. The molecule has 20 heavy (non-hydrogen) atoms. The Balaban J connectivity index is 2.13. The van der Waals surface area contributed by atoms with Gasteiger partial charge >= 0.3 is 7.12 Å². The summed E-state index contributed by atoms with van der Waals surface area (Å²) < 4.78 is 10.1. The highest BCUT2D eigenvalue weighted by atomic mass is 16.5. The van der Waals surface area contributed by atoms with Crippen LogP contribution in [0.1, 0.15) is 5.56 Å². The summed E-state index contributed by atoms with van der Waals surface area (Å²) >= 11 is 0. The van der Waals surface area contributed by atoms with E-state index in [1.807, 2.05) is 24.3 Å². The normalized spacial score (nSPS) is 12.3. The highest BCUT2D eigenvalue weighted by molar-refractivity contribution is 6.43. The van der Waals surface area contributed by atoms with Gasteiger partial charge in [0.2, 0.25) is 5.91 Å². The van der Waals surface area contributed by atoms with Crippen LogP contribution in [-0.4, -0.2) is 42.7 Å². The van der Waals surface area contributed by atoms with Crippen LogP contribution in [0.5, 0.6) is 0 Å². The summed E-state index contributed by atoms with van der Waals surface area (Å²) in [6.45, 7) is -0.130. The summed E-state index contributed by atoms with van der Waals surface area (Å²) in [5, 5.41) is 22.1. The molecule has 0 bridgehead atoms. The Kier molecular flexibility index (Phi) is 4.78. The lowest BCUT2D eigenvalue weighted by atomic mass is 9.76. The van der Waals surface area contributed by atoms with Gasteiger partial charge in [0.05, 0.1) is 12.2 Å². The first-order chi connectivity index (χ1) is 9.61. The molecule has 0 aliphatic carbocycles. The average Bonchev–Trinajstić information content (AvgIpc) is 2.82. The second-order valence-electron chi connectivity index (χ2n) is 4.48. The summed E-state index contributed by atoms with van der Waals surface area (Å²) in [5.41, 5.74) is 1.52. The lowest BCUT2D eigenvalue weighted by molar-refractivity contribution is -0.125. The van der Waals surface area contributed by atoms with Gasteiger partial charge in [-0.2, -0.15) is 0 Å². The van der Waals surface area contributed by atoms with Gasteiger partial charge in [-0.05, 0) is 18.1 Å². The number of carbonyl (C=O) groups excluding carboxylic acids is 1. The van der Waals surface area contributed by atoms with E-state index in [-0.39, 0.29) is 13.0 Å². The highest BCUT2D eigenvalue weighted by Gasteiger charge is 2.26. The Hall–Kier alpha value is -1.83. The second-order valence-corrected chi connectivity index (χ2v) is 4.48. The van der Waals surface area contributed by atoms with Crippen molar-refractivity contribution in [2.45, 2.75) is 12.4 Å². The molecule has 7 heteroatoms. The standard InChI is InChI=1S/C13H16BNO5/c1-19-8-13(16)15-12(14(17)18)6-9-7-20-11-5-3-2-4-10(9)11/h2-5,7,12,17-18H,6,8H2,1H3,(H,15,16)/t12-/m0/s1. The minimum atomic E-state index is -1.66. The number of furan rings is 1. The lowest BCUT2D eigenvalue weighted by Gasteiger charge is -2.17. The molecule has 0 saturated carbocycles. The van der Waals surface area contributed by atoms with Crippen molar-refractivity contribution in [3.63, 3.8) is 0 Å². The van der Waals surface area contributed by atoms with Crippen LogP contribution in [-0.2, 0) is 16.0 Å². The van der Waals surface area contributed by atoms with Crippen LogP contribution in [0.4, 0.5) is 0 Å². The van der Waals surface area contributed by atoms with Gasteiger partial charge in [0.1, 0.15) is 12.2 Å². The van der Waals surface area contributed by atoms with Crippen LogP contribution >= 0.6 is 0 Å². The minimum absolute atomic E-state index is 0.130. The van der Waals surface area contributed by atoms with Crippen molar-refractivity contribution in [2.75, 3.05) is 13.7 Å². The Labute approximate surface area is 116 Å². The fourth-order valence-electron chi connectivity index (χ4n) is 2.04. The molecule has 0 fully saturated rings. The van der Waals surface area contributed by atoms with Gasteiger partial charge in [0.15, 0.2) is 0 Å². The Morgan fingerprint density at radius 3 is 2.90 bits per heavy atom. The second kappa shape index (κ2) is 6.56. The third-order valence-electron chi connectivity index (χ3n) is 2.98. The number of para-hydroxylation sites is 1. The zero-order chi connectivity index (χ0) is 14.5. The number of amides is 1. The van der Waals surface area contributed by atoms with Gasteiger partial charge in [-0.25, -0.2) is 0 Å². The van der Waals surface area contributed by atoms with Gasteiger partial charge in [-0.15, -0.1) is 0 Å².